The van der Waals surface area contributed by atoms with Crippen LogP contribution in [0, 0.1) is 0 Å². The van der Waals surface area contributed by atoms with E-state index in [1.165, 1.54) is 0 Å². The first-order valence-electron chi connectivity index (χ1n) is 9.88. The lowest BCUT2D eigenvalue weighted by molar-refractivity contribution is -0.122. The number of nitrogens with one attached hydrogen (secondary N) is 1. The number of amides is 1. The van der Waals surface area contributed by atoms with Gasteiger partial charge in [-0.3, -0.25) is 4.79 Å². The second kappa shape index (κ2) is 10.5. The van der Waals surface area contributed by atoms with Gasteiger partial charge in [-0.2, -0.15) is 0 Å². The second-order valence-corrected chi connectivity index (χ2v) is 7.12. The van der Waals surface area contributed by atoms with Gasteiger partial charge in [0.25, 0.3) is 5.91 Å². The normalized spacial score (nSPS) is 12.7. The van der Waals surface area contributed by atoms with E-state index in [9.17, 15) is 4.79 Å². The Bertz CT molecular complexity index is 800. The molecule has 2 aromatic carbocycles. The van der Waals surface area contributed by atoms with Gasteiger partial charge >= 0.3 is 0 Å². The monoisotopic (exact) mass is 381 g/mol. The largest absolute Gasteiger partial charge is 0.489 e. The number of carbonyl (C=O) groups excluding carboxylic acids is 1. The molecule has 2 aromatic rings. The lowest BCUT2D eigenvalue weighted by atomic mass is 9.98. The van der Waals surface area contributed by atoms with Crippen LogP contribution in [-0.4, -0.2) is 18.6 Å². The third kappa shape index (κ3) is 6.15. The van der Waals surface area contributed by atoms with Crippen LogP contribution < -0.4 is 14.8 Å². The van der Waals surface area contributed by atoms with Crippen molar-refractivity contribution in [1.82, 2.24) is 0 Å². The Morgan fingerprint density at radius 2 is 1.86 bits per heavy atom. The number of benzene rings is 2. The highest BCUT2D eigenvalue weighted by Gasteiger charge is 2.21. The maximum absolute atomic E-state index is 12.8. The fraction of sp³-hybridized carbons (Fsp3) is 0.375. The smallest absolute Gasteiger partial charge is 0.265 e. The molecule has 0 saturated heterocycles. The standard InChI is InChI=1S/C24H31NO3/c1-6-18(5)21-13-8-9-14-23(21)28-22(7-2)24(26)25-19-11-10-12-20(15-19)27-16-17(3)4/h8-15,18,22H,3,6-7,16H2,1-2,4-5H3,(H,25,26). The minimum absolute atomic E-state index is 0.168. The van der Waals surface area contributed by atoms with E-state index >= 15 is 0 Å². The fourth-order valence-electron chi connectivity index (χ4n) is 2.78. The molecule has 0 saturated carbocycles. The number of rotatable bonds is 10. The molecule has 2 atom stereocenters. The number of ether oxygens (including phenoxy) is 2. The molecule has 2 unspecified atom stereocenters. The molecule has 0 heterocycles. The average molecular weight is 382 g/mol. The molecule has 0 aliphatic carbocycles. The number of carbonyl (C=O) groups is 1. The molecule has 0 radical (unpaired) electrons. The zero-order chi connectivity index (χ0) is 20.5. The Kier molecular flexibility index (Phi) is 8.12. The quantitative estimate of drug-likeness (QED) is 0.517. The Morgan fingerprint density at radius 3 is 2.54 bits per heavy atom. The van der Waals surface area contributed by atoms with Crippen molar-refractivity contribution in [2.45, 2.75) is 52.6 Å². The second-order valence-electron chi connectivity index (χ2n) is 7.12. The van der Waals surface area contributed by atoms with Crippen LogP contribution in [-0.2, 0) is 4.79 Å². The first kappa shape index (κ1) is 21.5. The molecule has 0 fully saturated rings. The fourth-order valence-corrected chi connectivity index (χ4v) is 2.78. The van der Waals surface area contributed by atoms with Crippen molar-refractivity contribution in [1.29, 1.82) is 0 Å². The van der Waals surface area contributed by atoms with E-state index in [1.807, 2.05) is 50.2 Å². The summed E-state index contributed by atoms with van der Waals surface area (Å²) < 4.78 is 11.8. The molecule has 1 amide bonds. The first-order chi connectivity index (χ1) is 13.4. The molecular weight excluding hydrogens is 350 g/mol. The maximum Gasteiger partial charge on any atom is 0.265 e. The number of para-hydroxylation sites is 1. The van der Waals surface area contributed by atoms with Crippen molar-refractivity contribution in [3.05, 3.63) is 66.2 Å². The van der Waals surface area contributed by atoms with Crippen molar-refractivity contribution in [2.75, 3.05) is 11.9 Å². The maximum atomic E-state index is 12.8. The molecule has 0 aromatic heterocycles. The predicted molar refractivity (Wildman–Crippen MR) is 115 cm³/mol. The van der Waals surface area contributed by atoms with E-state index in [-0.39, 0.29) is 5.91 Å². The van der Waals surface area contributed by atoms with E-state index in [4.69, 9.17) is 9.47 Å². The van der Waals surface area contributed by atoms with Crippen LogP contribution in [0.3, 0.4) is 0 Å². The summed E-state index contributed by atoms with van der Waals surface area (Å²) in [5.41, 5.74) is 2.75. The van der Waals surface area contributed by atoms with Crippen LogP contribution in [0.15, 0.2) is 60.7 Å². The molecule has 150 valence electrons. The predicted octanol–water partition coefficient (Wildman–Crippen LogP) is 5.95. The van der Waals surface area contributed by atoms with Crippen LogP contribution in [0.5, 0.6) is 11.5 Å². The van der Waals surface area contributed by atoms with E-state index in [1.54, 1.807) is 6.07 Å². The van der Waals surface area contributed by atoms with Gasteiger partial charge in [0.05, 0.1) is 0 Å². The van der Waals surface area contributed by atoms with Crippen LogP contribution in [0.1, 0.15) is 52.0 Å². The van der Waals surface area contributed by atoms with Crippen LogP contribution in [0.4, 0.5) is 5.69 Å². The molecule has 0 bridgehead atoms. The van der Waals surface area contributed by atoms with E-state index in [0.717, 1.165) is 23.3 Å². The highest BCUT2D eigenvalue weighted by molar-refractivity contribution is 5.94. The third-order valence-electron chi connectivity index (χ3n) is 4.58. The van der Waals surface area contributed by atoms with Crippen LogP contribution in [0.25, 0.3) is 0 Å². The summed E-state index contributed by atoms with van der Waals surface area (Å²) >= 11 is 0. The van der Waals surface area contributed by atoms with Gasteiger partial charge in [-0.05, 0) is 55.0 Å². The highest BCUT2D eigenvalue weighted by atomic mass is 16.5. The minimum Gasteiger partial charge on any atom is -0.489 e. The van der Waals surface area contributed by atoms with Gasteiger partial charge in [-0.1, -0.05) is 51.6 Å². The molecule has 2 rings (SSSR count). The summed E-state index contributed by atoms with van der Waals surface area (Å²) in [6.45, 7) is 12.4. The van der Waals surface area contributed by atoms with Gasteiger partial charge in [-0.15, -0.1) is 0 Å². The van der Waals surface area contributed by atoms with Gasteiger partial charge < -0.3 is 14.8 Å². The van der Waals surface area contributed by atoms with Crippen molar-refractivity contribution in [2.24, 2.45) is 0 Å². The van der Waals surface area contributed by atoms with E-state index in [2.05, 4.69) is 31.8 Å². The summed E-state index contributed by atoms with van der Waals surface area (Å²) in [7, 11) is 0. The van der Waals surface area contributed by atoms with Crippen molar-refractivity contribution in [3.63, 3.8) is 0 Å². The Morgan fingerprint density at radius 1 is 1.11 bits per heavy atom. The molecule has 0 aliphatic heterocycles. The van der Waals surface area contributed by atoms with Crippen LogP contribution in [0.2, 0.25) is 0 Å². The van der Waals surface area contributed by atoms with E-state index in [0.29, 0.717) is 30.4 Å². The van der Waals surface area contributed by atoms with Gasteiger partial charge in [0.1, 0.15) is 18.1 Å². The first-order valence-corrected chi connectivity index (χ1v) is 9.88. The Balaban J connectivity index is 2.08. The molecule has 4 heteroatoms. The van der Waals surface area contributed by atoms with Gasteiger partial charge in [0, 0.05) is 11.8 Å². The van der Waals surface area contributed by atoms with Gasteiger partial charge in [0.2, 0.25) is 0 Å². The number of hydrogen-bond donors (Lipinski definition) is 1. The third-order valence-corrected chi connectivity index (χ3v) is 4.58. The Labute approximate surface area is 168 Å². The zero-order valence-corrected chi connectivity index (χ0v) is 17.3. The number of hydrogen-bond acceptors (Lipinski definition) is 3. The molecule has 0 spiro atoms. The highest BCUT2D eigenvalue weighted by Crippen LogP contribution is 2.29. The summed E-state index contributed by atoms with van der Waals surface area (Å²) in [5, 5.41) is 2.94. The molecule has 4 nitrogen and oxygen atoms in total. The lowest BCUT2D eigenvalue weighted by Gasteiger charge is -2.21. The number of anilines is 1. The molecule has 28 heavy (non-hydrogen) atoms. The van der Waals surface area contributed by atoms with Crippen LogP contribution >= 0.6 is 0 Å². The Hall–Kier alpha value is -2.75. The molecule has 0 aliphatic rings. The topological polar surface area (TPSA) is 47.6 Å². The lowest BCUT2D eigenvalue weighted by Crippen LogP contribution is -2.32. The minimum atomic E-state index is -0.565. The van der Waals surface area contributed by atoms with Gasteiger partial charge in [0.15, 0.2) is 6.10 Å². The SMILES string of the molecule is C=C(C)COc1cccc(NC(=O)C(CC)Oc2ccccc2C(C)CC)c1. The summed E-state index contributed by atoms with van der Waals surface area (Å²) in [6, 6.07) is 15.3. The molecular formula is C24H31NO3. The van der Waals surface area contributed by atoms with Crippen molar-refractivity contribution >= 4 is 11.6 Å². The average Bonchev–Trinajstić information content (AvgIpc) is 2.70. The summed E-state index contributed by atoms with van der Waals surface area (Å²) in [5.74, 6) is 1.67. The van der Waals surface area contributed by atoms with Crippen molar-refractivity contribution < 1.29 is 14.3 Å². The van der Waals surface area contributed by atoms with Gasteiger partial charge in [-0.25, -0.2) is 0 Å². The summed E-state index contributed by atoms with van der Waals surface area (Å²) in [6.07, 6.45) is 1.03. The summed E-state index contributed by atoms with van der Waals surface area (Å²) in [4.78, 5) is 12.8. The van der Waals surface area contributed by atoms with Crippen molar-refractivity contribution in [3.8, 4) is 11.5 Å². The molecule has 1 N–H and O–H groups in total. The zero-order valence-electron chi connectivity index (χ0n) is 17.3. The van der Waals surface area contributed by atoms with E-state index < -0.39 is 6.10 Å².